The van der Waals surface area contributed by atoms with E-state index in [-0.39, 0.29) is 18.3 Å². The van der Waals surface area contributed by atoms with Crippen molar-refractivity contribution in [3.05, 3.63) is 65.7 Å². The van der Waals surface area contributed by atoms with Gasteiger partial charge < -0.3 is 15.8 Å². The Labute approximate surface area is 149 Å². The number of methoxy groups -OCH3 is 1. The number of amides is 1. The molecule has 130 valence electrons. The Morgan fingerprint density at radius 2 is 1.75 bits per heavy atom. The van der Waals surface area contributed by atoms with Gasteiger partial charge in [0.1, 0.15) is 11.3 Å². The molecule has 1 unspecified atom stereocenters. The van der Waals surface area contributed by atoms with Gasteiger partial charge in [0.15, 0.2) is 0 Å². The van der Waals surface area contributed by atoms with Crippen LogP contribution in [0.3, 0.4) is 0 Å². The number of halogens is 1. The molecule has 0 aliphatic heterocycles. The predicted molar refractivity (Wildman–Crippen MR) is 99.6 cm³/mol. The second-order valence-electron chi connectivity index (χ2n) is 5.78. The monoisotopic (exact) mass is 348 g/mol. The number of aryl methyl sites for hydroxylation is 1. The molecule has 3 N–H and O–H groups in total. The highest BCUT2D eigenvalue weighted by atomic mass is 35.5. The highest BCUT2D eigenvalue weighted by Gasteiger charge is 2.29. The number of hydrogen-bond acceptors (Lipinski definition) is 3. The van der Waals surface area contributed by atoms with E-state index in [0.717, 1.165) is 24.2 Å². The first-order valence-electron chi connectivity index (χ1n) is 7.79. The number of benzene rings is 2. The van der Waals surface area contributed by atoms with Crippen molar-refractivity contribution >= 4 is 18.3 Å². The standard InChI is InChI=1S/C19H24N2O2.ClH/c1-19(20,16-8-4-3-5-9-16)18(22)21-14-6-7-15-10-12-17(23-2)13-11-15;/h3-5,8-13H,6-7,14,20H2,1-2H3,(H,21,22);1H. The molecule has 1 atom stereocenters. The van der Waals surface area contributed by atoms with Crippen LogP contribution >= 0.6 is 12.4 Å². The SMILES string of the molecule is COc1ccc(CCCNC(=O)C(C)(N)c2ccccc2)cc1.Cl. The average molecular weight is 349 g/mol. The minimum Gasteiger partial charge on any atom is -0.497 e. The van der Waals surface area contributed by atoms with Crippen LogP contribution in [0.15, 0.2) is 54.6 Å². The maximum atomic E-state index is 12.3. The Kier molecular flexibility index (Phi) is 7.75. The maximum Gasteiger partial charge on any atom is 0.244 e. The van der Waals surface area contributed by atoms with E-state index < -0.39 is 5.54 Å². The highest BCUT2D eigenvalue weighted by Crippen LogP contribution is 2.17. The lowest BCUT2D eigenvalue weighted by molar-refractivity contribution is -0.126. The number of nitrogens with one attached hydrogen (secondary N) is 1. The third-order valence-electron chi connectivity index (χ3n) is 3.93. The number of carbonyl (C=O) groups is 1. The Morgan fingerprint density at radius 3 is 2.33 bits per heavy atom. The highest BCUT2D eigenvalue weighted by molar-refractivity contribution is 5.86. The number of ether oxygens (including phenoxy) is 1. The van der Waals surface area contributed by atoms with Gasteiger partial charge in [-0.1, -0.05) is 42.5 Å². The first kappa shape index (κ1) is 20.0. The van der Waals surface area contributed by atoms with Crippen molar-refractivity contribution in [2.75, 3.05) is 13.7 Å². The fourth-order valence-electron chi connectivity index (χ4n) is 2.39. The molecule has 0 bridgehead atoms. The molecule has 2 aromatic rings. The lowest BCUT2D eigenvalue weighted by Gasteiger charge is -2.24. The Balaban J connectivity index is 0.00000288. The summed E-state index contributed by atoms with van der Waals surface area (Å²) in [6.45, 7) is 2.34. The zero-order valence-corrected chi connectivity index (χ0v) is 14.9. The number of rotatable bonds is 7. The van der Waals surface area contributed by atoms with Crippen LogP contribution in [0.1, 0.15) is 24.5 Å². The Morgan fingerprint density at radius 1 is 1.12 bits per heavy atom. The summed E-state index contributed by atoms with van der Waals surface area (Å²) in [4.78, 5) is 12.3. The average Bonchev–Trinajstić information content (AvgIpc) is 2.59. The van der Waals surface area contributed by atoms with E-state index in [4.69, 9.17) is 10.5 Å². The fourth-order valence-corrected chi connectivity index (χ4v) is 2.39. The zero-order chi connectivity index (χ0) is 16.7. The molecular formula is C19H25ClN2O2. The molecule has 0 saturated heterocycles. The van der Waals surface area contributed by atoms with Gasteiger partial charge in [-0.2, -0.15) is 0 Å². The van der Waals surface area contributed by atoms with Gasteiger partial charge in [-0.3, -0.25) is 4.79 Å². The van der Waals surface area contributed by atoms with Crippen LogP contribution < -0.4 is 15.8 Å². The van der Waals surface area contributed by atoms with E-state index in [2.05, 4.69) is 5.32 Å². The Bertz CT molecular complexity index is 628. The van der Waals surface area contributed by atoms with Crippen LogP contribution in [-0.4, -0.2) is 19.6 Å². The molecule has 1 amide bonds. The lowest BCUT2D eigenvalue weighted by Crippen LogP contribution is -2.49. The largest absolute Gasteiger partial charge is 0.497 e. The summed E-state index contributed by atoms with van der Waals surface area (Å²) in [5, 5.41) is 2.93. The minimum atomic E-state index is -1.01. The van der Waals surface area contributed by atoms with Gasteiger partial charge in [-0.15, -0.1) is 12.4 Å². The third-order valence-corrected chi connectivity index (χ3v) is 3.93. The second-order valence-corrected chi connectivity index (χ2v) is 5.78. The summed E-state index contributed by atoms with van der Waals surface area (Å²) >= 11 is 0. The van der Waals surface area contributed by atoms with Crippen molar-refractivity contribution < 1.29 is 9.53 Å². The van der Waals surface area contributed by atoms with E-state index >= 15 is 0 Å². The van der Waals surface area contributed by atoms with Gasteiger partial charge >= 0.3 is 0 Å². The van der Waals surface area contributed by atoms with Gasteiger partial charge in [-0.25, -0.2) is 0 Å². The normalized spacial score (nSPS) is 12.6. The summed E-state index contributed by atoms with van der Waals surface area (Å²) in [5.41, 5.74) is 7.20. The van der Waals surface area contributed by atoms with Crippen LogP contribution in [-0.2, 0) is 16.8 Å². The molecule has 0 heterocycles. The van der Waals surface area contributed by atoms with Crippen molar-refractivity contribution in [1.29, 1.82) is 0 Å². The van der Waals surface area contributed by atoms with Gasteiger partial charge in [0, 0.05) is 6.54 Å². The molecule has 5 heteroatoms. The smallest absolute Gasteiger partial charge is 0.244 e. The van der Waals surface area contributed by atoms with E-state index in [1.807, 2.05) is 54.6 Å². The summed E-state index contributed by atoms with van der Waals surface area (Å²) in [7, 11) is 1.65. The van der Waals surface area contributed by atoms with Gasteiger partial charge in [0.05, 0.1) is 7.11 Å². The van der Waals surface area contributed by atoms with Crippen LogP contribution in [0.4, 0.5) is 0 Å². The van der Waals surface area contributed by atoms with Gasteiger partial charge in [0.2, 0.25) is 5.91 Å². The van der Waals surface area contributed by atoms with Crippen molar-refractivity contribution in [3.8, 4) is 5.75 Å². The molecule has 2 aromatic carbocycles. The zero-order valence-electron chi connectivity index (χ0n) is 14.1. The van der Waals surface area contributed by atoms with E-state index in [1.165, 1.54) is 5.56 Å². The topological polar surface area (TPSA) is 64.3 Å². The van der Waals surface area contributed by atoms with E-state index in [9.17, 15) is 4.79 Å². The molecule has 4 nitrogen and oxygen atoms in total. The van der Waals surface area contributed by atoms with Gasteiger partial charge in [0.25, 0.3) is 0 Å². The fraction of sp³-hybridized carbons (Fsp3) is 0.316. The predicted octanol–water partition coefficient (Wildman–Crippen LogP) is 3.04. The molecule has 0 radical (unpaired) electrons. The van der Waals surface area contributed by atoms with Crippen LogP contribution in [0.25, 0.3) is 0 Å². The van der Waals surface area contributed by atoms with Crippen molar-refractivity contribution in [3.63, 3.8) is 0 Å². The van der Waals surface area contributed by atoms with Gasteiger partial charge in [-0.05, 0) is 43.0 Å². The molecular weight excluding hydrogens is 324 g/mol. The van der Waals surface area contributed by atoms with Crippen molar-refractivity contribution in [1.82, 2.24) is 5.32 Å². The summed E-state index contributed by atoms with van der Waals surface area (Å²) < 4.78 is 5.13. The van der Waals surface area contributed by atoms with Crippen molar-refractivity contribution in [2.45, 2.75) is 25.3 Å². The quantitative estimate of drug-likeness (QED) is 0.756. The Hall–Kier alpha value is -2.04. The molecule has 0 saturated carbocycles. The number of nitrogens with two attached hydrogens (primary N) is 1. The van der Waals surface area contributed by atoms with Crippen molar-refractivity contribution in [2.24, 2.45) is 5.73 Å². The summed E-state index contributed by atoms with van der Waals surface area (Å²) in [6.07, 6.45) is 1.76. The van der Waals surface area contributed by atoms with Crippen LogP contribution in [0, 0.1) is 0 Å². The molecule has 0 fully saturated rings. The van der Waals surface area contributed by atoms with E-state index in [0.29, 0.717) is 6.54 Å². The molecule has 0 aromatic heterocycles. The molecule has 24 heavy (non-hydrogen) atoms. The van der Waals surface area contributed by atoms with Crippen LogP contribution in [0.2, 0.25) is 0 Å². The minimum absolute atomic E-state index is 0. The third kappa shape index (κ3) is 5.25. The van der Waals surface area contributed by atoms with E-state index in [1.54, 1.807) is 14.0 Å². The summed E-state index contributed by atoms with van der Waals surface area (Å²) in [6, 6.07) is 17.4. The maximum absolute atomic E-state index is 12.3. The molecule has 0 aliphatic carbocycles. The molecule has 2 rings (SSSR count). The first-order valence-corrected chi connectivity index (χ1v) is 7.79. The number of carbonyl (C=O) groups excluding carboxylic acids is 1. The first-order chi connectivity index (χ1) is 11.0. The molecule has 0 spiro atoms. The summed E-state index contributed by atoms with van der Waals surface area (Å²) in [5.74, 6) is 0.697. The second kappa shape index (κ2) is 9.30. The lowest BCUT2D eigenvalue weighted by atomic mass is 9.92. The van der Waals surface area contributed by atoms with Crippen LogP contribution in [0.5, 0.6) is 5.75 Å². The number of hydrogen-bond donors (Lipinski definition) is 2. The molecule has 0 aliphatic rings.